The van der Waals surface area contributed by atoms with Crippen molar-refractivity contribution in [3.63, 3.8) is 0 Å². The lowest BCUT2D eigenvalue weighted by atomic mass is 9.84. The fraction of sp³-hybridized carbons (Fsp3) is 1.00. The van der Waals surface area contributed by atoms with Gasteiger partial charge >= 0.3 is 0 Å². The van der Waals surface area contributed by atoms with Gasteiger partial charge in [-0.15, -0.1) is 0 Å². The van der Waals surface area contributed by atoms with E-state index >= 15 is 0 Å². The molecule has 3 heterocycles. The fourth-order valence-corrected chi connectivity index (χ4v) is 6.44. The molecule has 0 aromatic carbocycles. The summed E-state index contributed by atoms with van der Waals surface area (Å²) in [6, 6.07) is -3.41. The number of ether oxygens (including phenoxy) is 6. The van der Waals surface area contributed by atoms with Crippen LogP contribution in [0.4, 0.5) is 0 Å². The molecule has 15 nitrogen and oxygen atoms in total. The van der Waals surface area contributed by atoms with Gasteiger partial charge in [0.15, 0.2) is 18.4 Å². The predicted octanol–water partition coefficient (Wildman–Crippen LogP) is -4.60. The third-order valence-corrected chi connectivity index (χ3v) is 8.83. The highest BCUT2D eigenvalue weighted by Crippen LogP contribution is 2.41. The molecule has 15 heteroatoms. The van der Waals surface area contributed by atoms with Crippen LogP contribution in [0, 0.1) is 0 Å². The number of aliphatic hydroxyl groups is 4. The van der Waals surface area contributed by atoms with Crippen LogP contribution in [0.5, 0.6) is 0 Å². The van der Waals surface area contributed by atoms with E-state index in [1.54, 1.807) is 0 Å². The predicted molar refractivity (Wildman–Crippen MR) is 133 cm³/mol. The second kappa shape index (κ2) is 11.9. The van der Waals surface area contributed by atoms with Crippen LogP contribution in [0.3, 0.4) is 0 Å². The molecular formula is C24H45N5O10. The van der Waals surface area contributed by atoms with Gasteiger partial charge in [-0.25, -0.2) is 0 Å². The van der Waals surface area contributed by atoms with Crippen molar-refractivity contribution in [3.05, 3.63) is 0 Å². The molecule has 5 aliphatic rings. The molecule has 1 spiro atoms. The Morgan fingerprint density at radius 3 is 2.03 bits per heavy atom. The van der Waals surface area contributed by atoms with Crippen LogP contribution in [0.25, 0.3) is 0 Å². The minimum atomic E-state index is -1.38. The molecule has 0 aromatic heterocycles. The molecule has 226 valence electrons. The van der Waals surface area contributed by atoms with Gasteiger partial charge in [0.25, 0.3) is 0 Å². The van der Waals surface area contributed by atoms with E-state index in [9.17, 15) is 20.4 Å². The Balaban J connectivity index is 1.25. The van der Waals surface area contributed by atoms with Gasteiger partial charge in [0, 0.05) is 31.5 Å². The van der Waals surface area contributed by atoms with E-state index in [2.05, 4.69) is 0 Å². The van der Waals surface area contributed by atoms with E-state index < -0.39 is 97.5 Å². The van der Waals surface area contributed by atoms with E-state index in [-0.39, 0.29) is 19.6 Å². The van der Waals surface area contributed by atoms with Crippen molar-refractivity contribution in [2.24, 2.45) is 28.7 Å². The second-order valence-electron chi connectivity index (χ2n) is 11.6. The Morgan fingerprint density at radius 1 is 0.744 bits per heavy atom. The summed E-state index contributed by atoms with van der Waals surface area (Å²) in [4.78, 5) is 0. The summed E-state index contributed by atoms with van der Waals surface area (Å²) in [5, 5.41) is 42.7. The topological polar surface area (TPSA) is 266 Å². The minimum absolute atomic E-state index is 0.0887. The highest BCUT2D eigenvalue weighted by atomic mass is 16.8. The fourth-order valence-electron chi connectivity index (χ4n) is 6.44. The van der Waals surface area contributed by atoms with Crippen LogP contribution in [0.1, 0.15) is 38.5 Å². The van der Waals surface area contributed by atoms with Gasteiger partial charge in [-0.05, 0) is 19.3 Å². The quantitative estimate of drug-likeness (QED) is 0.152. The molecule has 8 unspecified atom stereocenters. The average Bonchev–Trinajstić information content (AvgIpc) is 2.92. The number of fused-ring (bicyclic) bond motifs is 1. The first-order valence-corrected chi connectivity index (χ1v) is 13.9. The van der Waals surface area contributed by atoms with Crippen molar-refractivity contribution >= 4 is 0 Å². The maximum Gasteiger partial charge on any atom is 0.186 e. The molecule has 3 aliphatic heterocycles. The van der Waals surface area contributed by atoms with Crippen molar-refractivity contribution in [3.8, 4) is 0 Å². The third kappa shape index (κ3) is 5.74. The first-order valence-electron chi connectivity index (χ1n) is 13.9. The molecule has 0 amide bonds. The number of nitrogens with two attached hydrogens (primary N) is 5. The molecule has 2 aliphatic carbocycles. The van der Waals surface area contributed by atoms with Crippen LogP contribution in [-0.4, -0.2) is 131 Å². The van der Waals surface area contributed by atoms with E-state index in [1.807, 2.05) is 0 Å². The Bertz CT molecular complexity index is 822. The first kappa shape index (κ1) is 29.9. The van der Waals surface area contributed by atoms with E-state index in [0.29, 0.717) is 0 Å². The largest absolute Gasteiger partial charge is 0.388 e. The van der Waals surface area contributed by atoms with E-state index in [1.165, 1.54) is 0 Å². The molecule has 14 N–H and O–H groups in total. The van der Waals surface area contributed by atoms with Crippen LogP contribution < -0.4 is 28.7 Å². The molecule has 0 aromatic rings. The lowest BCUT2D eigenvalue weighted by molar-refractivity contribution is -0.387. The molecule has 2 saturated carbocycles. The first-order chi connectivity index (χ1) is 18.5. The minimum Gasteiger partial charge on any atom is -0.388 e. The summed E-state index contributed by atoms with van der Waals surface area (Å²) in [6.45, 7) is 0.142. The zero-order chi connectivity index (χ0) is 28.1. The van der Waals surface area contributed by atoms with Gasteiger partial charge in [-0.1, -0.05) is 6.42 Å². The van der Waals surface area contributed by atoms with Crippen molar-refractivity contribution in [1.29, 1.82) is 0 Å². The van der Waals surface area contributed by atoms with Crippen LogP contribution in [0.2, 0.25) is 0 Å². The molecule has 0 radical (unpaired) electrons. The van der Waals surface area contributed by atoms with Crippen molar-refractivity contribution in [1.82, 2.24) is 0 Å². The summed E-state index contributed by atoms with van der Waals surface area (Å²) in [7, 11) is 0. The Labute approximate surface area is 227 Å². The number of hydrogen-bond donors (Lipinski definition) is 9. The maximum absolute atomic E-state index is 11.2. The van der Waals surface area contributed by atoms with Crippen molar-refractivity contribution in [2.75, 3.05) is 13.2 Å². The monoisotopic (exact) mass is 563 g/mol. The van der Waals surface area contributed by atoms with E-state index in [0.717, 1.165) is 32.1 Å². The molecule has 0 bridgehead atoms. The number of aliphatic hydroxyl groups excluding tert-OH is 4. The third-order valence-electron chi connectivity index (χ3n) is 8.83. The molecule has 5 fully saturated rings. The van der Waals surface area contributed by atoms with Crippen LogP contribution in [0.15, 0.2) is 0 Å². The van der Waals surface area contributed by atoms with Gasteiger partial charge in [-0.2, -0.15) is 0 Å². The van der Waals surface area contributed by atoms with E-state index in [4.69, 9.17) is 57.1 Å². The Hall–Kier alpha value is -0.600. The summed E-state index contributed by atoms with van der Waals surface area (Å²) in [5.41, 5.74) is 30.6. The molecule has 5 rings (SSSR count). The summed E-state index contributed by atoms with van der Waals surface area (Å²) in [5.74, 6) is -0.703. The number of hydrogen-bond acceptors (Lipinski definition) is 15. The van der Waals surface area contributed by atoms with Crippen LogP contribution >= 0.6 is 0 Å². The molecular weight excluding hydrogens is 518 g/mol. The van der Waals surface area contributed by atoms with Crippen molar-refractivity contribution < 1.29 is 48.8 Å². The molecule has 15 atom stereocenters. The number of rotatable bonds is 5. The summed E-state index contributed by atoms with van der Waals surface area (Å²) >= 11 is 0. The standard InChI is InChI=1S/C24H45N5O10/c25-7-11-15(30)16(31)14(29)22(35-11)37-19-9(26)6-10(27)20(18(19)33)38-23-17(32)13(28)21-12(36-23)8-34-24(39-21)4-2-1-3-5-24/h9-23,30-33H,1-8,25-29H2/t9?,10?,11?,12?,13?,14-,15+,16?,17-,18-,19?,20+,21-,22+,23?/m0/s1. The zero-order valence-corrected chi connectivity index (χ0v) is 21.9. The van der Waals surface area contributed by atoms with Gasteiger partial charge in [0.05, 0.1) is 18.7 Å². The zero-order valence-electron chi connectivity index (χ0n) is 21.9. The Morgan fingerprint density at radius 2 is 1.38 bits per heavy atom. The summed E-state index contributed by atoms with van der Waals surface area (Å²) in [6.07, 6.45) is -7.13. The second-order valence-corrected chi connectivity index (χ2v) is 11.6. The lowest BCUT2D eigenvalue weighted by Gasteiger charge is -2.53. The van der Waals surface area contributed by atoms with Crippen LogP contribution in [-0.2, 0) is 28.4 Å². The SMILES string of the molecule is NCC1O[C@H](OC2C(N)CC(N)[C@@H](OC3OC4COC5(CCCCC5)O[C@@H]4C(N)[C@@H]3O)[C@H]2O)[C@@H](N)C(O)[C@@H]1O. The highest BCUT2D eigenvalue weighted by Gasteiger charge is 2.55. The van der Waals surface area contributed by atoms with Gasteiger partial charge in [-0.3, -0.25) is 0 Å². The molecule has 39 heavy (non-hydrogen) atoms. The molecule has 3 saturated heterocycles. The highest BCUT2D eigenvalue weighted by molar-refractivity contribution is 5.02. The van der Waals surface area contributed by atoms with Gasteiger partial charge in [0.1, 0.15) is 54.9 Å². The maximum atomic E-state index is 11.2. The van der Waals surface area contributed by atoms with Gasteiger partial charge in [0.2, 0.25) is 0 Å². The summed E-state index contributed by atoms with van der Waals surface area (Å²) < 4.78 is 36.0. The average molecular weight is 564 g/mol. The van der Waals surface area contributed by atoms with Gasteiger partial charge < -0.3 is 77.5 Å². The lowest BCUT2D eigenvalue weighted by Crippen LogP contribution is -2.70. The Kier molecular flexibility index (Phi) is 9.15. The smallest absolute Gasteiger partial charge is 0.186 e. The van der Waals surface area contributed by atoms with Crippen molar-refractivity contribution in [2.45, 2.75) is 136 Å². The normalized spacial score (nSPS) is 52.4.